The molecule has 0 aliphatic heterocycles. The number of nitrogens with two attached hydrogens (primary N) is 2. The first-order valence-electron chi connectivity index (χ1n) is 3.34. The molecular formula is C7H10ClN3. The van der Waals surface area contributed by atoms with E-state index in [0.29, 0.717) is 17.4 Å². The number of nitrogens with zero attached hydrogens (tertiary/aromatic N) is 1. The van der Waals surface area contributed by atoms with Crippen LogP contribution in [0.4, 0.5) is 5.82 Å². The maximum absolute atomic E-state index is 5.83. The molecule has 0 aromatic carbocycles. The van der Waals surface area contributed by atoms with Crippen molar-refractivity contribution in [1.82, 2.24) is 4.98 Å². The Morgan fingerprint density at radius 1 is 1.55 bits per heavy atom. The van der Waals surface area contributed by atoms with Gasteiger partial charge in [-0.25, -0.2) is 4.98 Å². The van der Waals surface area contributed by atoms with Gasteiger partial charge in [0.1, 0.15) is 5.82 Å². The number of nitrogen functional groups attached to an aromatic ring is 1. The van der Waals surface area contributed by atoms with Crippen LogP contribution in [0.2, 0.25) is 5.02 Å². The molecule has 1 aromatic rings. The molecule has 0 amide bonds. The van der Waals surface area contributed by atoms with Crippen molar-refractivity contribution in [3.63, 3.8) is 0 Å². The Morgan fingerprint density at radius 2 is 2.27 bits per heavy atom. The minimum absolute atomic E-state index is 0.373. The summed E-state index contributed by atoms with van der Waals surface area (Å²) in [6.07, 6.45) is 2.37. The van der Waals surface area contributed by atoms with Crippen molar-refractivity contribution in [1.29, 1.82) is 0 Å². The van der Waals surface area contributed by atoms with Crippen molar-refractivity contribution in [2.75, 3.05) is 12.3 Å². The van der Waals surface area contributed by atoms with Gasteiger partial charge < -0.3 is 11.5 Å². The first-order valence-corrected chi connectivity index (χ1v) is 3.72. The van der Waals surface area contributed by atoms with Crippen molar-refractivity contribution in [3.05, 3.63) is 22.8 Å². The van der Waals surface area contributed by atoms with Gasteiger partial charge in [-0.3, -0.25) is 0 Å². The Labute approximate surface area is 70.4 Å². The number of aromatic nitrogens is 1. The summed E-state index contributed by atoms with van der Waals surface area (Å²) in [6.45, 7) is 0.573. The Kier molecular flexibility index (Phi) is 2.68. The average molecular weight is 172 g/mol. The van der Waals surface area contributed by atoms with Gasteiger partial charge in [-0.15, -0.1) is 0 Å². The van der Waals surface area contributed by atoms with E-state index in [9.17, 15) is 0 Å². The highest BCUT2D eigenvalue weighted by Gasteiger charge is 2.02. The summed E-state index contributed by atoms with van der Waals surface area (Å²) in [7, 11) is 0. The van der Waals surface area contributed by atoms with Crippen molar-refractivity contribution in [2.24, 2.45) is 5.73 Å². The third-order valence-corrected chi connectivity index (χ3v) is 1.85. The lowest BCUT2D eigenvalue weighted by Gasteiger charge is -2.02. The lowest BCUT2D eigenvalue weighted by atomic mass is 10.2. The Bertz CT molecular complexity index is 249. The summed E-state index contributed by atoms with van der Waals surface area (Å²) in [5, 5.41) is 0.526. The number of anilines is 1. The number of hydrogen-bond donors (Lipinski definition) is 2. The van der Waals surface area contributed by atoms with E-state index in [1.165, 1.54) is 0 Å². The van der Waals surface area contributed by atoms with Gasteiger partial charge >= 0.3 is 0 Å². The third kappa shape index (κ3) is 1.82. The van der Waals surface area contributed by atoms with Gasteiger partial charge in [-0.05, 0) is 24.6 Å². The van der Waals surface area contributed by atoms with Crippen molar-refractivity contribution in [2.45, 2.75) is 6.42 Å². The maximum Gasteiger partial charge on any atom is 0.142 e. The fourth-order valence-corrected chi connectivity index (χ4v) is 1.06. The second-order valence-electron chi connectivity index (χ2n) is 2.21. The summed E-state index contributed by atoms with van der Waals surface area (Å²) in [6, 6.07) is 1.82. The molecule has 3 nitrogen and oxygen atoms in total. The molecule has 11 heavy (non-hydrogen) atoms. The molecule has 0 bridgehead atoms. The molecular weight excluding hydrogens is 162 g/mol. The van der Waals surface area contributed by atoms with E-state index in [2.05, 4.69) is 4.98 Å². The van der Waals surface area contributed by atoms with Crippen LogP contribution in [0.5, 0.6) is 0 Å². The first-order chi connectivity index (χ1) is 5.25. The number of rotatable bonds is 2. The molecule has 1 heterocycles. The highest BCUT2D eigenvalue weighted by atomic mass is 35.5. The lowest BCUT2D eigenvalue weighted by molar-refractivity contribution is 0.965. The first kappa shape index (κ1) is 8.30. The van der Waals surface area contributed by atoms with Crippen LogP contribution in [0.15, 0.2) is 12.3 Å². The Hall–Kier alpha value is -0.800. The van der Waals surface area contributed by atoms with Crippen LogP contribution in [0.1, 0.15) is 5.56 Å². The minimum Gasteiger partial charge on any atom is -0.382 e. The smallest absolute Gasteiger partial charge is 0.142 e. The van der Waals surface area contributed by atoms with Gasteiger partial charge in [0.15, 0.2) is 0 Å². The van der Waals surface area contributed by atoms with Crippen LogP contribution < -0.4 is 11.5 Å². The largest absolute Gasteiger partial charge is 0.382 e. The molecule has 4 heteroatoms. The van der Waals surface area contributed by atoms with Crippen LogP contribution in [-0.4, -0.2) is 11.5 Å². The van der Waals surface area contributed by atoms with E-state index in [1.807, 2.05) is 6.07 Å². The minimum atomic E-state index is 0.373. The zero-order valence-electron chi connectivity index (χ0n) is 6.05. The monoisotopic (exact) mass is 171 g/mol. The molecule has 0 spiro atoms. The van der Waals surface area contributed by atoms with Crippen LogP contribution >= 0.6 is 11.6 Å². The normalized spacial score (nSPS) is 10.0. The molecule has 0 aliphatic carbocycles. The molecule has 0 unspecified atom stereocenters. The molecule has 0 saturated heterocycles. The second kappa shape index (κ2) is 3.55. The zero-order chi connectivity index (χ0) is 8.27. The quantitative estimate of drug-likeness (QED) is 0.693. The lowest BCUT2D eigenvalue weighted by Crippen LogP contribution is -2.04. The van der Waals surface area contributed by atoms with Gasteiger partial charge in [0, 0.05) is 6.20 Å². The van der Waals surface area contributed by atoms with Gasteiger partial charge in [-0.1, -0.05) is 11.6 Å². The zero-order valence-corrected chi connectivity index (χ0v) is 6.80. The fourth-order valence-electron chi connectivity index (χ4n) is 0.850. The van der Waals surface area contributed by atoms with E-state index in [1.54, 1.807) is 6.20 Å². The summed E-state index contributed by atoms with van der Waals surface area (Å²) in [4.78, 5) is 3.83. The van der Waals surface area contributed by atoms with Crippen molar-refractivity contribution >= 4 is 17.4 Å². The molecule has 0 aliphatic rings. The van der Waals surface area contributed by atoms with E-state index >= 15 is 0 Å². The molecule has 1 aromatic heterocycles. The molecule has 0 fully saturated rings. The highest BCUT2D eigenvalue weighted by molar-refractivity contribution is 6.33. The summed E-state index contributed by atoms with van der Waals surface area (Å²) < 4.78 is 0. The number of pyridine rings is 1. The van der Waals surface area contributed by atoms with E-state index in [0.717, 1.165) is 12.0 Å². The van der Waals surface area contributed by atoms with Crippen LogP contribution in [0.3, 0.4) is 0 Å². The molecule has 0 saturated carbocycles. The summed E-state index contributed by atoms with van der Waals surface area (Å²) in [5.41, 5.74) is 11.8. The topological polar surface area (TPSA) is 64.9 Å². The van der Waals surface area contributed by atoms with Crippen LogP contribution in [0.25, 0.3) is 0 Å². The Balaban J connectivity index is 2.96. The van der Waals surface area contributed by atoms with Gasteiger partial charge in [0.2, 0.25) is 0 Å². The summed E-state index contributed by atoms with van der Waals surface area (Å²) in [5.74, 6) is 0.373. The van der Waals surface area contributed by atoms with Crippen LogP contribution in [-0.2, 0) is 6.42 Å². The standard InChI is InChI=1S/C7H10ClN3/c8-6-5(1-3-9)2-4-11-7(6)10/h2,4H,1,3,9H2,(H2,10,11). The predicted molar refractivity (Wildman–Crippen MR) is 46.4 cm³/mol. The molecule has 0 radical (unpaired) electrons. The molecule has 60 valence electrons. The van der Waals surface area contributed by atoms with E-state index in [4.69, 9.17) is 23.1 Å². The second-order valence-corrected chi connectivity index (χ2v) is 2.59. The van der Waals surface area contributed by atoms with Crippen LogP contribution in [0, 0.1) is 0 Å². The van der Waals surface area contributed by atoms with Crippen molar-refractivity contribution < 1.29 is 0 Å². The molecule has 1 rings (SSSR count). The third-order valence-electron chi connectivity index (χ3n) is 1.41. The van der Waals surface area contributed by atoms with Crippen molar-refractivity contribution in [3.8, 4) is 0 Å². The molecule has 0 atom stereocenters. The predicted octanol–water partition coefficient (Wildman–Crippen LogP) is 0.818. The van der Waals surface area contributed by atoms with Gasteiger partial charge in [0.05, 0.1) is 5.02 Å². The number of halogens is 1. The van der Waals surface area contributed by atoms with E-state index in [-0.39, 0.29) is 0 Å². The SMILES string of the molecule is NCCc1ccnc(N)c1Cl. The summed E-state index contributed by atoms with van der Waals surface area (Å²) >= 11 is 5.83. The van der Waals surface area contributed by atoms with E-state index < -0.39 is 0 Å². The van der Waals surface area contributed by atoms with Gasteiger partial charge in [0.25, 0.3) is 0 Å². The number of hydrogen-bond acceptors (Lipinski definition) is 3. The maximum atomic E-state index is 5.83. The molecule has 4 N–H and O–H groups in total. The van der Waals surface area contributed by atoms with Gasteiger partial charge in [-0.2, -0.15) is 0 Å². The average Bonchev–Trinajstić information content (AvgIpc) is 1.99. The Morgan fingerprint density at radius 3 is 2.91 bits per heavy atom. The highest BCUT2D eigenvalue weighted by Crippen LogP contribution is 2.20. The fraction of sp³-hybridized carbons (Fsp3) is 0.286.